The Balaban J connectivity index is 1.74. The zero-order valence-corrected chi connectivity index (χ0v) is 16.5. The normalized spacial score (nSPS) is 24.6. The van der Waals surface area contributed by atoms with Gasteiger partial charge in [-0.3, -0.25) is 14.5 Å². The van der Waals surface area contributed by atoms with Gasteiger partial charge in [-0.05, 0) is 22.9 Å². The second kappa shape index (κ2) is 7.10. The molecule has 1 fully saturated rings. The first-order chi connectivity index (χ1) is 13.0. The number of ether oxygens (including phenoxy) is 1. The third-order valence-electron chi connectivity index (χ3n) is 4.52. The Labute approximate surface area is 164 Å². The quantitative estimate of drug-likeness (QED) is 0.551. The van der Waals surface area contributed by atoms with Crippen LogP contribution in [0.4, 0.5) is 0 Å². The van der Waals surface area contributed by atoms with Crippen LogP contribution in [0.25, 0.3) is 0 Å². The number of thioether (sulfide) groups is 2. The van der Waals surface area contributed by atoms with Crippen molar-refractivity contribution in [2.45, 2.75) is 28.1 Å². The van der Waals surface area contributed by atoms with Crippen LogP contribution in [0.3, 0.4) is 0 Å². The maximum absolute atomic E-state index is 13.2. The molecule has 0 radical (unpaired) electrons. The number of β-lactam (4-membered cyclic amide) rings is 1. The highest BCUT2D eigenvalue weighted by Crippen LogP contribution is 2.50. The fourth-order valence-electron chi connectivity index (χ4n) is 3.10. The summed E-state index contributed by atoms with van der Waals surface area (Å²) in [5.74, 6) is -0.347. The molecule has 0 bridgehead atoms. The fourth-order valence-corrected chi connectivity index (χ4v) is 5.95. The van der Waals surface area contributed by atoms with Gasteiger partial charge < -0.3 is 4.74 Å². The third kappa shape index (κ3) is 2.97. The summed E-state index contributed by atoms with van der Waals surface area (Å²) in [6.45, 7) is 1.88. The molecule has 4 rings (SSSR count). The van der Waals surface area contributed by atoms with Crippen molar-refractivity contribution in [1.82, 2.24) is 25.1 Å². The highest BCUT2D eigenvalue weighted by molar-refractivity contribution is 8.17. The lowest BCUT2D eigenvalue weighted by molar-refractivity contribution is -0.158. The van der Waals surface area contributed by atoms with Crippen LogP contribution in [0.2, 0.25) is 0 Å². The van der Waals surface area contributed by atoms with Gasteiger partial charge in [0.1, 0.15) is 5.37 Å². The van der Waals surface area contributed by atoms with Gasteiger partial charge >= 0.3 is 0 Å². The molecule has 1 amide bonds. The molecule has 2 aliphatic heterocycles. The van der Waals surface area contributed by atoms with E-state index in [1.807, 2.05) is 25.1 Å². The molecule has 10 heteroatoms. The first kappa shape index (κ1) is 18.2. The number of rotatable bonds is 5. The average molecular weight is 403 g/mol. The van der Waals surface area contributed by atoms with Crippen molar-refractivity contribution in [2.75, 3.05) is 7.11 Å². The van der Waals surface area contributed by atoms with Gasteiger partial charge in [0.2, 0.25) is 10.9 Å². The monoisotopic (exact) mass is 403 g/mol. The molecule has 1 aromatic carbocycles. The maximum Gasteiger partial charge on any atom is 0.260 e. The molecule has 1 aromatic heterocycles. The minimum absolute atomic E-state index is 0.107. The number of tetrazole rings is 1. The van der Waals surface area contributed by atoms with Gasteiger partial charge in [0, 0.05) is 19.7 Å². The predicted octanol–water partition coefficient (Wildman–Crippen LogP) is 1.72. The number of methoxy groups -OCH3 is 1. The van der Waals surface area contributed by atoms with E-state index < -0.39 is 6.10 Å². The zero-order chi connectivity index (χ0) is 19.1. The molecule has 0 aliphatic carbocycles. The van der Waals surface area contributed by atoms with E-state index in [-0.39, 0.29) is 21.6 Å². The minimum Gasteiger partial charge on any atom is -0.368 e. The summed E-state index contributed by atoms with van der Waals surface area (Å²) in [7, 11) is 3.28. The second-order valence-electron chi connectivity index (χ2n) is 6.15. The van der Waals surface area contributed by atoms with Crippen molar-refractivity contribution in [3.05, 3.63) is 47.2 Å². The number of aromatic nitrogens is 4. The number of carbonyl (C=O) groups is 2. The number of fused-ring (bicyclic) bond motifs is 1. The van der Waals surface area contributed by atoms with E-state index in [1.54, 1.807) is 40.5 Å². The molecular formula is C17H17N5O3S2. The van der Waals surface area contributed by atoms with Crippen LogP contribution < -0.4 is 0 Å². The van der Waals surface area contributed by atoms with Crippen molar-refractivity contribution in [1.29, 1.82) is 0 Å². The van der Waals surface area contributed by atoms with Gasteiger partial charge in [-0.25, -0.2) is 4.68 Å². The largest absolute Gasteiger partial charge is 0.368 e. The van der Waals surface area contributed by atoms with Crippen molar-refractivity contribution < 1.29 is 14.3 Å². The van der Waals surface area contributed by atoms with Gasteiger partial charge in [0.15, 0.2) is 6.10 Å². The van der Waals surface area contributed by atoms with Crippen LogP contribution >= 0.6 is 23.5 Å². The van der Waals surface area contributed by atoms with E-state index >= 15 is 0 Å². The maximum atomic E-state index is 13.2. The standard InChI is InChI=1S/C17H17N5O3S2/c1-9-11(12(23)10-7-5-4-6-8-10)22-14(24)13(25-3)15(22)26-16(9)27-17-18-19-20-21(17)2/h4-8,13,15-16H,1-3H3/t13-,15-,16?/m0/s1. The molecule has 0 spiro atoms. The Bertz CT molecular complexity index is 930. The summed E-state index contributed by atoms with van der Waals surface area (Å²) in [6.07, 6.45) is -0.553. The van der Waals surface area contributed by atoms with Gasteiger partial charge in [-0.1, -0.05) is 42.1 Å². The van der Waals surface area contributed by atoms with Crippen LogP contribution in [0.1, 0.15) is 17.3 Å². The molecule has 1 unspecified atom stereocenters. The molecule has 0 saturated carbocycles. The third-order valence-corrected chi connectivity index (χ3v) is 7.61. The Hall–Kier alpha value is -2.17. The minimum atomic E-state index is -0.553. The van der Waals surface area contributed by atoms with Crippen molar-refractivity contribution >= 4 is 35.2 Å². The number of Topliss-reactive ketones (excluding diaryl/α,β-unsaturated/α-hetero) is 1. The van der Waals surface area contributed by atoms with E-state index in [0.29, 0.717) is 16.4 Å². The van der Waals surface area contributed by atoms with Crippen molar-refractivity contribution in [3.63, 3.8) is 0 Å². The van der Waals surface area contributed by atoms with E-state index in [4.69, 9.17) is 4.74 Å². The van der Waals surface area contributed by atoms with Crippen molar-refractivity contribution in [3.8, 4) is 0 Å². The number of benzene rings is 1. The summed E-state index contributed by atoms with van der Waals surface area (Å²) in [6, 6.07) is 8.99. The predicted molar refractivity (Wildman–Crippen MR) is 101 cm³/mol. The Kier molecular flexibility index (Phi) is 4.79. The summed E-state index contributed by atoms with van der Waals surface area (Å²) in [4.78, 5) is 27.3. The number of ketones is 1. The summed E-state index contributed by atoms with van der Waals surface area (Å²) >= 11 is 3.04. The molecule has 0 N–H and O–H groups in total. The SMILES string of the molecule is CO[C@H]1C(=O)N2C(C(=O)c3ccccc3)=C(C)C(Sc3nnnn3C)S[C@@H]12. The molecule has 2 aliphatic rings. The Morgan fingerprint density at radius 1 is 1.30 bits per heavy atom. The lowest BCUT2D eigenvalue weighted by atomic mass is 9.99. The Morgan fingerprint density at radius 3 is 2.67 bits per heavy atom. The van der Waals surface area contributed by atoms with Crippen LogP contribution in [0.5, 0.6) is 0 Å². The number of allylic oxidation sites excluding steroid dienone is 1. The lowest BCUT2D eigenvalue weighted by Crippen LogP contribution is -2.66. The van der Waals surface area contributed by atoms with Gasteiger partial charge in [0.05, 0.1) is 10.3 Å². The topological polar surface area (TPSA) is 90.2 Å². The van der Waals surface area contributed by atoms with Crippen LogP contribution in [0, 0.1) is 0 Å². The summed E-state index contributed by atoms with van der Waals surface area (Å²) in [5, 5.41) is 11.9. The highest BCUT2D eigenvalue weighted by atomic mass is 32.2. The van der Waals surface area contributed by atoms with Crippen LogP contribution in [-0.4, -0.2) is 60.0 Å². The number of nitrogens with zero attached hydrogens (tertiary/aromatic N) is 5. The number of hydrogen-bond donors (Lipinski definition) is 0. The molecule has 3 heterocycles. The molecule has 27 heavy (non-hydrogen) atoms. The van der Waals surface area contributed by atoms with E-state index in [0.717, 1.165) is 5.57 Å². The number of amides is 1. The number of hydrogen-bond acceptors (Lipinski definition) is 8. The highest BCUT2D eigenvalue weighted by Gasteiger charge is 2.55. The Morgan fingerprint density at radius 2 is 2.04 bits per heavy atom. The number of aryl methyl sites for hydroxylation is 1. The van der Waals surface area contributed by atoms with E-state index in [1.165, 1.54) is 18.9 Å². The first-order valence-electron chi connectivity index (χ1n) is 8.23. The van der Waals surface area contributed by atoms with Gasteiger partial charge in [-0.2, -0.15) is 0 Å². The molecule has 2 aromatic rings. The van der Waals surface area contributed by atoms with E-state index in [2.05, 4.69) is 15.5 Å². The molecular weight excluding hydrogens is 386 g/mol. The van der Waals surface area contributed by atoms with Crippen molar-refractivity contribution in [2.24, 2.45) is 7.05 Å². The molecule has 1 saturated heterocycles. The second-order valence-corrected chi connectivity index (χ2v) is 8.75. The first-order valence-corrected chi connectivity index (χ1v) is 10.1. The fraction of sp³-hybridized carbons (Fsp3) is 0.353. The summed E-state index contributed by atoms with van der Waals surface area (Å²) < 4.78 is 6.82. The smallest absolute Gasteiger partial charge is 0.260 e. The number of carbonyl (C=O) groups excluding carboxylic acids is 2. The zero-order valence-electron chi connectivity index (χ0n) is 14.9. The van der Waals surface area contributed by atoms with Gasteiger partial charge in [0.25, 0.3) is 5.91 Å². The van der Waals surface area contributed by atoms with Gasteiger partial charge in [-0.15, -0.1) is 16.9 Å². The van der Waals surface area contributed by atoms with Crippen LogP contribution in [-0.2, 0) is 16.6 Å². The average Bonchev–Trinajstić information content (AvgIpc) is 3.08. The lowest BCUT2D eigenvalue weighted by Gasteiger charge is -2.50. The van der Waals surface area contributed by atoms with E-state index in [9.17, 15) is 9.59 Å². The molecule has 140 valence electrons. The van der Waals surface area contributed by atoms with Crippen LogP contribution in [0.15, 0.2) is 46.8 Å². The molecule has 3 atom stereocenters. The molecule has 8 nitrogen and oxygen atoms in total. The summed E-state index contributed by atoms with van der Waals surface area (Å²) in [5.41, 5.74) is 1.80.